The highest BCUT2D eigenvalue weighted by atomic mass is 35.5. The minimum absolute atomic E-state index is 0.0881. The van der Waals surface area contributed by atoms with Crippen LogP contribution in [0.5, 0.6) is 0 Å². The van der Waals surface area contributed by atoms with Crippen molar-refractivity contribution in [3.8, 4) is 0 Å². The van der Waals surface area contributed by atoms with Crippen molar-refractivity contribution in [3.63, 3.8) is 0 Å². The van der Waals surface area contributed by atoms with Crippen molar-refractivity contribution in [3.05, 3.63) is 100 Å². The highest BCUT2D eigenvalue weighted by molar-refractivity contribution is 7.92. The summed E-state index contributed by atoms with van der Waals surface area (Å²) in [6.07, 6.45) is 1.95. The maximum absolute atomic E-state index is 14.0. The van der Waals surface area contributed by atoms with Crippen LogP contribution in [0.4, 0.5) is 5.69 Å². The fourth-order valence-electron chi connectivity index (χ4n) is 4.06. The molecular weight excluding hydrogens is 557 g/mol. The average molecular weight is 591 g/mol. The molecule has 3 aromatic carbocycles. The molecule has 208 valence electrons. The minimum Gasteiger partial charge on any atom is -0.352 e. The van der Waals surface area contributed by atoms with Crippen molar-refractivity contribution < 1.29 is 18.0 Å². The lowest BCUT2D eigenvalue weighted by Gasteiger charge is -2.34. The molecule has 0 heterocycles. The smallest absolute Gasteiger partial charge is 0.244 e. The number of sulfonamides is 1. The Morgan fingerprint density at radius 2 is 1.46 bits per heavy atom. The van der Waals surface area contributed by atoms with E-state index >= 15 is 0 Å². The van der Waals surface area contributed by atoms with E-state index in [-0.39, 0.29) is 24.9 Å². The topological polar surface area (TPSA) is 86.8 Å². The van der Waals surface area contributed by atoms with Crippen LogP contribution in [0.1, 0.15) is 31.4 Å². The largest absolute Gasteiger partial charge is 0.352 e. The summed E-state index contributed by atoms with van der Waals surface area (Å²) in [7, 11) is -3.83. The zero-order valence-electron chi connectivity index (χ0n) is 22.2. The molecule has 0 aromatic heterocycles. The summed E-state index contributed by atoms with van der Waals surface area (Å²) >= 11 is 12.9. The van der Waals surface area contributed by atoms with Crippen molar-refractivity contribution in [1.29, 1.82) is 0 Å². The Balaban J connectivity index is 2.09. The van der Waals surface area contributed by atoms with Gasteiger partial charge < -0.3 is 10.2 Å². The van der Waals surface area contributed by atoms with E-state index in [1.165, 1.54) is 4.90 Å². The van der Waals surface area contributed by atoms with Crippen molar-refractivity contribution in [2.24, 2.45) is 0 Å². The van der Waals surface area contributed by atoms with E-state index in [1.807, 2.05) is 44.2 Å². The second-order valence-corrected chi connectivity index (χ2v) is 12.1. The number of carbonyl (C=O) groups is 2. The van der Waals surface area contributed by atoms with Gasteiger partial charge in [-0.05, 0) is 43.2 Å². The second kappa shape index (κ2) is 13.8. The highest BCUT2D eigenvalue weighted by Crippen LogP contribution is 2.28. The van der Waals surface area contributed by atoms with Crippen molar-refractivity contribution in [1.82, 2.24) is 10.2 Å². The van der Waals surface area contributed by atoms with Gasteiger partial charge in [0.1, 0.15) is 12.6 Å². The van der Waals surface area contributed by atoms with Crippen LogP contribution in [0.3, 0.4) is 0 Å². The van der Waals surface area contributed by atoms with E-state index in [0.29, 0.717) is 27.7 Å². The molecule has 0 saturated carbocycles. The van der Waals surface area contributed by atoms with Gasteiger partial charge in [-0.1, -0.05) is 84.7 Å². The zero-order valence-corrected chi connectivity index (χ0v) is 24.5. The number of hydrogen-bond acceptors (Lipinski definition) is 4. The Morgan fingerprint density at radius 1 is 0.897 bits per heavy atom. The van der Waals surface area contributed by atoms with Gasteiger partial charge >= 0.3 is 0 Å². The Kier molecular flexibility index (Phi) is 10.8. The number of carbonyl (C=O) groups excluding carboxylic acids is 2. The lowest BCUT2D eigenvalue weighted by atomic mass is 10.0. The molecule has 0 aliphatic rings. The van der Waals surface area contributed by atoms with Crippen LogP contribution < -0.4 is 9.62 Å². The Morgan fingerprint density at radius 3 is 2.00 bits per heavy atom. The first-order chi connectivity index (χ1) is 18.5. The average Bonchev–Trinajstić information content (AvgIpc) is 2.90. The maximum atomic E-state index is 14.0. The number of halogens is 2. The predicted molar refractivity (Wildman–Crippen MR) is 157 cm³/mol. The summed E-state index contributed by atoms with van der Waals surface area (Å²) in [6, 6.07) is 21.6. The molecule has 0 saturated heterocycles. The van der Waals surface area contributed by atoms with Gasteiger partial charge in [-0.25, -0.2) is 8.42 Å². The van der Waals surface area contributed by atoms with E-state index in [0.717, 1.165) is 16.1 Å². The van der Waals surface area contributed by atoms with Gasteiger partial charge in [0.25, 0.3) is 0 Å². The normalized spacial score (nSPS) is 12.8. The number of anilines is 1. The molecule has 0 fully saturated rings. The van der Waals surface area contributed by atoms with Gasteiger partial charge in [-0.2, -0.15) is 0 Å². The van der Waals surface area contributed by atoms with E-state index in [1.54, 1.807) is 48.5 Å². The minimum atomic E-state index is -3.83. The van der Waals surface area contributed by atoms with Gasteiger partial charge in [-0.15, -0.1) is 0 Å². The Labute approximate surface area is 240 Å². The highest BCUT2D eigenvalue weighted by Gasteiger charge is 2.34. The van der Waals surface area contributed by atoms with E-state index in [4.69, 9.17) is 23.2 Å². The first kappa shape index (κ1) is 30.5. The summed E-state index contributed by atoms with van der Waals surface area (Å²) < 4.78 is 26.6. The van der Waals surface area contributed by atoms with Crippen LogP contribution in [0.15, 0.2) is 78.9 Å². The molecule has 2 atom stereocenters. The summed E-state index contributed by atoms with van der Waals surface area (Å²) in [5.74, 6) is -0.921. The summed E-state index contributed by atoms with van der Waals surface area (Å²) in [5, 5.41) is 3.66. The van der Waals surface area contributed by atoms with Crippen LogP contribution in [0, 0.1) is 0 Å². The fourth-order valence-corrected chi connectivity index (χ4v) is 5.42. The molecule has 3 rings (SSSR count). The van der Waals surface area contributed by atoms with Crippen LogP contribution in [0.2, 0.25) is 10.0 Å². The molecule has 2 amide bonds. The summed E-state index contributed by atoms with van der Waals surface area (Å²) in [6.45, 7) is 3.24. The molecule has 39 heavy (non-hydrogen) atoms. The first-order valence-corrected chi connectivity index (χ1v) is 15.2. The number of nitrogens with zero attached hydrogens (tertiary/aromatic N) is 2. The standard InChI is InChI=1S/C29H33Cl2N3O4S/c1-4-21(2)32-29(36)27(18-22-12-7-5-8-13-22)33(19-24-25(30)16-11-17-26(24)31)28(35)20-34(39(3,37)38)23-14-9-6-10-15-23/h5-17,21,27H,4,18-20H2,1-3H3,(H,32,36)/t21-,27-/m1/s1. The second-order valence-electron chi connectivity index (χ2n) is 9.35. The third-order valence-corrected chi connectivity index (χ3v) is 8.23. The van der Waals surface area contributed by atoms with Crippen molar-refractivity contribution >= 4 is 50.7 Å². The van der Waals surface area contributed by atoms with Gasteiger partial charge in [0, 0.05) is 34.6 Å². The number of nitrogens with one attached hydrogen (secondary N) is 1. The third kappa shape index (κ3) is 8.46. The van der Waals surface area contributed by atoms with Crippen molar-refractivity contribution in [2.75, 3.05) is 17.1 Å². The number of rotatable bonds is 12. The number of benzene rings is 3. The van der Waals surface area contributed by atoms with Crippen LogP contribution in [0.25, 0.3) is 0 Å². The zero-order chi connectivity index (χ0) is 28.6. The molecule has 10 heteroatoms. The van der Waals surface area contributed by atoms with Crippen LogP contribution >= 0.6 is 23.2 Å². The third-order valence-electron chi connectivity index (χ3n) is 6.39. The summed E-state index contributed by atoms with van der Waals surface area (Å²) in [4.78, 5) is 29.1. The predicted octanol–water partition coefficient (Wildman–Crippen LogP) is 5.31. The van der Waals surface area contributed by atoms with Crippen LogP contribution in [-0.2, 0) is 32.6 Å². The number of hydrogen-bond donors (Lipinski definition) is 1. The Hall–Kier alpha value is -3.07. The maximum Gasteiger partial charge on any atom is 0.244 e. The fraction of sp³-hybridized carbons (Fsp3) is 0.310. The molecule has 0 bridgehead atoms. The van der Waals surface area contributed by atoms with Crippen LogP contribution in [-0.4, -0.2) is 50.0 Å². The quantitative estimate of drug-likeness (QED) is 0.310. The molecular formula is C29H33Cl2N3O4S. The monoisotopic (exact) mass is 589 g/mol. The molecule has 0 aliphatic heterocycles. The summed E-state index contributed by atoms with van der Waals surface area (Å²) in [5.41, 5.74) is 1.65. The van der Waals surface area contributed by atoms with Gasteiger partial charge in [0.15, 0.2) is 0 Å². The number of amides is 2. The first-order valence-electron chi connectivity index (χ1n) is 12.6. The Bertz CT molecular complexity index is 1350. The molecule has 0 radical (unpaired) electrons. The van der Waals surface area contributed by atoms with E-state index < -0.39 is 28.5 Å². The lowest BCUT2D eigenvalue weighted by molar-refractivity contribution is -0.140. The van der Waals surface area contributed by atoms with E-state index in [2.05, 4.69) is 5.32 Å². The van der Waals surface area contributed by atoms with Crippen molar-refractivity contribution in [2.45, 2.75) is 45.3 Å². The molecule has 3 aromatic rings. The lowest BCUT2D eigenvalue weighted by Crippen LogP contribution is -2.54. The number of para-hydroxylation sites is 1. The van der Waals surface area contributed by atoms with Gasteiger partial charge in [0.05, 0.1) is 11.9 Å². The van der Waals surface area contributed by atoms with Gasteiger partial charge in [0.2, 0.25) is 21.8 Å². The molecule has 7 nitrogen and oxygen atoms in total. The van der Waals surface area contributed by atoms with E-state index in [9.17, 15) is 18.0 Å². The molecule has 0 aliphatic carbocycles. The molecule has 1 N–H and O–H groups in total. The molecule has 0 spiro atoms. The molecule has 0 unspecified atom stereocenters. The van der Waals surface area contributed by atoms with Gasteiger partial charge in [-0.3, -0.25) is 13.9 Å². The SMILES string of the molecule is CC[C@@H](C)NC(=O)[C@@H](Cc1ccccc1)N(Cc1c(Cl)cccc1Cl)C(=O)CN(c1ccccc1)S(C)(=O)=O.